The van der Waals surface area contributed by atoms with Gasteiger partial charge in [-0.3, -0.25) is 4.68 Å². The summed E-state index contributed by atoms with van der Waals surface area (Å²) in [5.41, 5.74) is 4.92. The van der Waals surface area contributed by atoms with Crippen LogP contribution in [0.2, 0.25) is 0 Å². The van der Waals surface area contributed by atoms with E-state index in [9.17, 15) is 0 Å². The fourth-order valence-corrected chi connectivity index (χ4v) is 2.32. The molecular formula is C17H25N3. The maximum atomic E-state index is 4.58. The molecule has 108 valence electrons. The first-order chi connectivity index (χ1) is 9.60. The van der Waals surface area contributed by atoms with Gasteiger partial charge in [-0.2, -0.15) is 5.10 Å². The van der Waals surface area contributed by atoms with Crippen LogP contribution < -0.4 is 5.32 Å². The molecule has 3 heteroatoms. The molecule has 0 amide bonds. The molecule has 0 spiro atoms. The van der Waals surface area contributed by atoms with Crippen molar-refractivity contribution < 1.29 is 0 Å². The predicted octanol–water partition coefficient (Wildman–Crippen LogP) is 3.77. The Kier molecular flexibility index (Phi) is 4.96. The molecule has 0 aliphatic heterocycles. The summed E-state index contributed by atoms with van der Waals surface area (Å²) in [6.45, 7) is 10.5. The monoisotopic (exact) mass is 271 g/mol. The number of rotatable bonds is 6. The molecule has 1 aromatic heterocycles. The molecule has 1 aromatic carbocycles. The van der Waals surface area contributed by atoms with Crippen molar-refractivity contribution in [2.45, 2.75) is 53.2 Å². The maximum Gasteiger partial charge on any atom is 0.0672 e. The number of hydrogen-bond acceptors (Lipinski definition) is 2. The lowest BCUT2D eigenvalue weighted by Gasteiger charge is -2.09. The Balaban J connectivity index is 2.21. The molecule has 2 aromatic rings. The zero-order valence-corrected chi connectivity index (χ0v) is 13.0. The van der Waals surface area contributed by atoms with Crippen LogP contribution in [0, 0.1) is 6.92 Å². The Bertz CT molecular complexity index is 555. The van der Waals surface area contributed by atoms with Crippen molar-refractivity contribution in [3.8, 4) is 11.1 Å². The molecule has 0 aliphatic rings. The number of nitrogens with zero attached hydrogens (tertiary/aromatic N) is 2. The summed E-state index contributed by atoms with van der Waals surface area (Å²) in [5.74, 6) is 0. The van der Waals surface area contributed by atoms with Gasteiger partial charge in [0.05, 0.1) is 5.69 Å². The van der Waals surface area contributed by atoms with Crippen LogP contribution in [-0.4, -0.2) is 15.8 Å². The van der Waals surface area contributed by atoms with E-state index in [-0.39, 0.29) is 0 Å². The quantitative estimate of drug-likeness (QED) is 0.867. The number of aryl methyl sites for hydroxylation is 2. The Morgan fingerprint density at radius 2 is 2.10 bits per heavy atom. The second-order valence-corrected chi connectivity index (χ2v) is 5.63. The minimum absolute atomic E-state index is 0.507. The second kappa shape index (κ2) is 6.71. The van der Waals surface area contributed by atoms with Gasteiger partial charge in [0.25, 0.3) is 0 Å². The molecule has 1 N–H and O–H groups in total. The van der Waals surface area contributed by atoms with E-state index in [1.165, 1.54) is 16.7 Å². The third-order valence-electron chi connectivity index (χ3n) is 3.35. The summed E-state index contributed by atoms with van der Waals surface area (Å²) in [4.78, 5) is 0. The van der Waals surface area contributed by atoms with E-state index in [0.29, 0.717) is 6.04 Å². The van der Waals surface area contributed by atoms with Gasteiger partial charge >= 0.3 is 0 Å². The SMILES string of the molecule is CCCn1cc(-c2cccc(CNC(C)C)c2)c(C)n1. The maximum absolute atomic E-state index is 4.58. The Labute approximate surface area is 122 Å². The van der Waals surface area contributed by atoms with Crippen molar-refractivity contribution in [1.82, 2.24) is 15.1 Å². The molecule has 0 radical (unpaired) electrons. The van der Waals surface area contributed by atoms with Crippen LogP contribution in [0.5, 0.6) is 0 Å². The van der Waals surface area contributed by atoms with Crippen LogP contribution in [0.25, 0.3) is 11.1 Å². The van der Waals surface area contributed by atoms with Gasteiger partial charge in [-0.1, -0.05) is 39.0 Å². The van der Waals surface area contributed by atoms with Crippen LogP contribution in [-0.2, 0) is 13.1 Å². The lowest BCUT2D eigenvalue weighted by molar-refractivity contribution is 0.589. The molecule has 0 saturated heterocycles. The van der Waals surface area contributed by atoms with Crippen molar-refractivity contribution >= 4 is 0 Å². The lowest BCUT2D eigenvalue weighted by Crippen LogP contribution is -2.21. The standard InChI is InChI=1S/C17H25N3/c1-5-9-20-12-17(14(4)19-20)16-8-6-7-15(10-16)11-18-13(2)3/h6-8,10,12-13,18H,5,9,11H2,1-4H3. The number of nitrogens with one attached hydrogen (secondary N) is 1. The van der Waals surface area contributed by atoms with Gasteiger partial charge in [0, 0.05) is 30.9 Å². The van der Waals surface area contributed by atoms with E-state index in [1.807, 2.05) is 4.68 Å². The summed E-state index contributed by atoms with van der Waals surface area (Å²) in [7, 11) is 0. The first kappa shape index (κ1) is 14.8. The van der Waals surface area contributed by atoms with E-state index in [1.54, 1.807) is 0 Å². The summed E-state index contributed by atoms with van der Waals surface area (Å²) >= 11 is 0. The molecular weight excluding hydrogens is 246 g/mol. The van der Waals surface area contributed by atoms with E-state index < -0.39 is 0 Å². The van der Waals surface area contributed by atoms with Gasteiger partial charge in [-0.25, -0.2) is 0 Å². The molecule has 0 aliphatic carbocycles. The molecule has 0 saturated carbocycles. The predicted molar refractivity (Wildman–Crippen MR) is 84.7 cm³/mol. The Morgan fingerprint density at radius 3 is 2.80 bits per heavy atom. The van der Waals surface area contributed by atoms with Crippen LogP contribution in [0.3, 0.4) is 0 Å². The lowest BCUT2D eigenvalue weighted by atomic mass is 10.0. The van der Waals surface area contributed by atoms with Gasteiger partial charge in [0.2, 0.25) is 0 Å². The van der Waals surface area contributed by atoms with Crippen molar-refractivity contribution in [2.24, 2.45) is 0 Å². The normalized spacial score (nSPS) is 11.2. The molecule has 0 atom stereocenters. The summed E-state index contributed by atoms with van der Waals surface area (Å²) in [6.07, 6.45) is 3.27. The molecule has 0 fully saturated rings. The molecule has 2 rings (SSSR count). The highest BCUT2D eigenvalue weighted by Crippen LogP contribution is 2.23. The topological polar surface area (TPSA) is 29.9 Å². The van der Waals surface area contributed by atoms with Gasteiger partial charge < -0.3 is 5.32 Å². The van der Waals surface area contributed by atoms with E-state index in [4.69, 9.17) is 0 Å². The van der Waals surface area contributed by atoms with E-state index in [2.05, 4.69) is 68.6 Å². The van der Waals surface area contributed by atoms with Crippen LogP contribution >= 0.6 is 0 Å². The van der Waals surface area contributed by atoms with Crippen LogP contribution in [0.1, 0.15) is 38.4 Å². The van der Waals surface area contributed by atoms with E-state index in [0.717, 1.165) is 25.2 Å². The highest BCUT2D eigenvalue weighted by molar-refractivity contribution is 5.65. The zero-order chi connectivity index (χ0) is 14.5. The summed E-state index contributed by atoms with van der Waals surface area (Å²) in [5, 5.41) is 8.04. The molecule has 1 heterocycles. The highest BCUT2D eigenvalue weighted by Gasteiger charge is 2.07. The van der Waals surface area contributed by atoms with Crippen molar-refractivity contribution in [2.75, 3.05) is 0 Å². The zero-order valence-electron chi connectivity index (χ0n) is 13.0. The first-order valence-corrected chi connectivity index (χ1v) is 7.47. The number of hydrogen-bond donors (Lipinski definition) is 1. The third kappa shape index (κ3) is 3.70. The Hall–Kier alpha value is -1.61. The molecule has 20 heavy (non-hydrogen) atoms. The first-order valence-electron chi connectivity index (χ1n) is 7.47. The summed E-state index contributed by atoms with van der Waals surface area (Å²) in [6, 6.07) is 9.23. The van der Waals surface area contributed by atoms with Gasteiger partial charge in [-0.15, -0.1) is 0 Å². The average molecular weight is 271 g/mol. The van der Waals surface area contributed by atoms with Crippen LogP contribution in [0.15, 0.2) is 30.5 Å². The van der Waals surface area contributed by atoms with Crippen LogP contribution in [0.4, 0.5) is 0 Å². The largest absolute Gasteiger partial charge is 0.310 e. The Morgan fingerprint density at radius 1 is 1.30 bits per heavy atom. The smallest absolute Gasteiger partial charge is 0.0672 e. The molecule has 3 nitrogen and oxygen atoms in total. The highest BCUT2D eigenvalue weighted by atomic mass is 15.3. The van der Waals surface area contributed by atoms with Gasteiger partial charge in [0.15, 0.2) is 0 Å². The number of benzene rings is 1. The molecule has 0 unspecified atom stereocenters. The summed E-state index contributed by atoms with van der Waals surface area (Å²) < 4.78 is 2.05. The fraction of sp³-hybridized carbons (Fsp3) is 0.471. The minimum Gasteiger partial charge on any atom is -0.310 e. The minimum atomic E-state index is 0.507. The fourth-order valence-electron chi connectivity index (χ4n) is 2.32. The average Bonchev–Trinajstić information content (AvgIpc) is 2.78. The second-order valence-electron chi connectivity index (χ2n) is 5.63. The van der Waals surface area contributed by atoms with Gasteiger partial charge in [-0.05, 0) is 30.5 Å². The number of aromatic nitrogens is 2. The van der Waals surface area contributed by atoms with Gasteiger partial charge in [0.1, 0.15) is 0 Å². The van der Waals surface area contributed by atoms with E-state index >= 15 is 0 Å². The van der Waals surface area contributed by atoms with Crippen molar-refractivity contribution in [3.63, 3.8) is 0 Å². The molecule has 0 bridgehead atoms. The van der Waals surface area contributed by atoms with Crippen molar-refractivity contribution in [3.05, 3.63) is 41.7 Å². The third-order valence-corrected chi connectivity index (χ3v) is 3.35. The van der Waals surface area contributed by atoms with Crippen molar-refractivity contribution in [1.29, 1.82) is 0 Å².